The molecule has 0 radical (unpaired) electrons. The number of benzene rings is 2. The van der Waals surface area contributed by atoms with Gasteiger partial charge < -0.3 is 25.2 Å². The number of hydrogen-bond donors (Lipinski definition) is 4. The van der Waals surface area contributed by atoms with Crippen LogP contribution in [0.15, 0.2) is 48.5 Å². The third-order valence-corrected chi connectivity index (χ3v) is 3.22. The van der Waals surface area contributed by atoms with Crippen molar-refractivity contribution in [3.8, 4) is 0 Å². The van der Waals surface area contributed by atoms with Crippen LogP contribution in [0.3, 0.4) is 0 Å². The Labute approximate surface area is 158 Å². The molecule has 0 aliphatic heterocycles. The topological polar surface area (TPSA) is 124 Å². The number of hydrogen-bond acceptors (Lipinski definition) is 5. The summed E-state index contributed by atoms with van der Waals surface area (Å²) in [6.07, 6.45) is 0. The maximum absolute atomic E-state index is 10.4. The van der Waals surface area contributed by atoms with Crippen LogP contribution in [0.1, 0.15) is 31.8 Å². The Kier molecular flexibility index (Phi) is 13.0. The summed E-state index contributed by atoms with van der Waals surface area (Å²) < 4.78 is 4.63. The number of rotatable bonds is 6. The molecular formula is C20H26O7. The van der Waals surface area contributed by atoms with Gasteiger partial charge in [0.1, 0.15) is 0 Å². The molecule has 2 rings (SSSR count). The van der Waals surface area contributed by atoms with Crippen molar-refractivity contribution in [1.82, 2.24) is 0 Å². The highest BCUT2D eigenvalue weighted by Gasteiger charge is 2.03. The Hall–Kier alpha value is -2.74. The van der Waals surface area contributed by atoms with Gasteiger partial charge in [0.2, 0.25) is 0 Å². The van der Waals surface area contributed by atoms with Crippen molar-refractivity contribution >= 4 is 11.9 Å². The van der Waals surface area contributed by atoms with Crippen molar-refractivity contribution < 1.29 is 34.8 Å². The number of carboxylic acids is 2. The first-order valence-corrected chi connectivity index (χ1v) is 8.22. The van der Waals surface area contributed by atoms with Crippen LogP contribution >= 0.6 is 0 Å². The lowest BCUT2D eigenvalue weighted by molar-refractivity contribution is 0.0650. The number of carboxylic acid groups (broad SMARTS) is 2. The highest BCUT2D eigenvalue weighted by Crippen LogP contribution is 2.06. The second-order valence-electron chi connectivity index (χ2n) is 5.30. The van der Waals surface area contributed by atoms with E-state index in [0.29, 0.717) is 24.3 Å². The molecule has 0 saturated carbocycles. The highest BCUT2D eigenvalue weighted by molar-refractivity contribution is 5.89. The molecule has 148 valence electrons. The van der Waals surface area contributed by atoms with E-state index in [-0.39, 0.29) is 13.2 Å². The first-order valence-electron chi connectivity index (χ1n) is 8.22. The smallest absolute Gasteiger partial charge is 0.335 e. The van der Waals surface area contributed by atoms with Crippen molar-refractivity contribution in [2.24, 2.45) is 0 Å². The molecule has 7 nitrogen and oxygen atoms in total. The molecule has 2 aromatic rings. The molecule has 0 fully saturated rings. The molecule has 7 heteroatoms. The van der Waals surface area contributed by atoms with Gasteiger partial charge >= 0.3 is 11.9 Å². The van der Waals surface area contributed by atoms with Gasteiger partial charge in [-0.15, -0.1) is 0 Å². The van der Waals surface area contributed by atoms with Crippen molar-refractivity contribution in [2.45, 2.75) is 13.8 Å². The highest BCUT2D eigenvalue weighted by atomic mass is 16.5. The number of carbonyl (C=O) groups is 2. The van der Waals surface area contributed by atoms with E-state index in [0.717, 1.165) is 11.1 Å². The van der Waals surface area contributed by atoms with E-state index in [1.165, 1.54) is 0 Å². The van der Waals surface area contributed by atoms with Crippen molar-refractivity contribution in [3.63, 3.8) is 0 Å². The number of aryl methyl sites for hydroxylation is 2. The maximum Gasteiger partial charge on any atom is 0.335 e. The molecule has 0 heterocycles. The lowest BCUT2D eigenvalue weighted by atomic mass is 10.1. The SMILES string of the molecule is Cc1ccccc1C(=O)O.Cc1ccccc1C(=O)O.OCCOCCO. The minimum atomic E-state index is -0.863. The lowest BCUT2D eigenvalue weighted by Crippen LogP contribution is -2.03. The molecule has 0 aromatic heterocycles. The lowest BCUT2D eigenvalue weighted by Gasteiger charge is -1.96. The Bertz CT molecular complexity index is 639. The fraction of sp³-hybridized carbons (Fsp3) is 0.300. The van der Waals surface area contributed by atoms with Gasteiger partial charge in [0.05, 0.1) is 37.6 Å². The summed E-state index contributed by atoms with van der Waals surface area (Å²) in [5, 5.41) is 33.3. The fourth-order valence-corrected chi connectivity index (χ4v) is 1.86. The zero-order chi connectivity index (χ0) is 20.7. The first kappa shape index (κ1) is 24.3. The van der Waals surface area contributed by atoms with Crippen LogP contribution in [0.5, 0.6) is 0 Å². The summed E-state index contributed by atoms with van der Waals surface area (Å²) in [5.74, 6) is -1.73. The second kappa shape index (κ2) is 14.4. The average molecular weight is 378 g/mol. The van der Waals surface area contributed by atoms with Crippen LogP contribution < -0.4 is 0 Å². The van der Waals surface area contributed by atoms with Crippen LogP contribution in [-0.2, 0) is 4.74 Å². The molecule has 0 spiro atoms. The molecule has 0 aliphatic carbocycles. The van der Waals surface area contributed by atoms with Crippen molar-refractivity contribution in [3.05, 3.63) is 70.8 Å². The summed E-state index contributed by atoms with van der Waals surface area (Å²) in [4.78, 5) is 20.8. The molecule has 0 saturated heterocycles. The predicted molar refractivity (Wildman–Crippen MR) is 101 cm³/mol. The van der Waals surface area contributed by atoms with E-state index < -0.39 is 11.9 Å². The summed E-state index contributed by atoms with van der Waals surface area (Å²) in [7, 11) is 0. The van der Waals surface area contributed by atoms with E-state index in [9.17, 15) is 9.59 Å². The van der Waals surface area contributed by atoms with Gasteiger partial charge in [-0.25, -0.2) is 9.59 Å². The molecule has 2 aromatic carbocycles. The van der Waals surface area contributed by atoms with Gasteiger partial charge in [-0.1, -0.05) is 36.4 Å². The minimum Gasteiger partial charge on any atom is -0.478 e. The van der Waals surface area contributed by atoms with E-state index >= 15 is 0 Å². The number of aliphatic hydroxyl groups excluding tert-OH is 2. The van der Waals surface area contributed by atoms with E-state index in [4.69, 9.17) is 20.4 Å². The molecule has 0 atom stereocenters. The fourth-order valence-electron chi connectivity index (χ4n) is 1.86. The van der Waals surface area contributed by atoms with Gasteiger partial charge in [0.25, 0.3) is 0 Å². The summed E-state index contributed by atoms with van der Waals surface area (Å²) in [5.41, 5.74) is 2.36. The third kappa shape index (κ3) is 10.8. The largest absolute Gasteiger partial charge is 0.478 e. The van der Waals surface area contributed by atoms with Crippen LogP contribution in [0.4, 0.5) is 0 Å². The molecule has 0 amide bonds. The van der Waals surface area contributed by atoms with E-state index in [1.807, 2.05) is 12.1 Å². The molecule has 0 aliphatic rings. The van der Waals surface area contributed by atoms with Crippen LogP contribution in [0.25, 0.3) is 0 Å². The summed E-state index contributed by atoms with van der Waals surface area (Å²) >= 11 is 0. The molecular weight excluding hydrogens is 352 g/mol. The molecule has 0 bridgehead atoms. The Morgan fingerprint density at radius 3 is 1.30 bits per heavy atom. The molecule has 0 unspecified atom stereocenters. The first-order chi connectivity index (χ1) is 12.8. The molecule has 27 heavy (non-hydrogen) atoms. The predicted octanol–water partition coefficient (Wildman–Crippen LogP) is 2.37. The van der Waals surface area contributed by atoms with Gasteiger partial charge in [-0.05, 0) is 37.1 Å². The van der Waals surface area contributed by atoms with Gasteiger partial charge in [-0.3, -0.25) is 0 Å². The summed E-state index contributed by atoms with van der Waals surface area (Å²) in [6, 6.07) is 13.8. The Balaban J connectivity index is 0.000000384. The minimum absolute atomic E-state index is 0.0278. The number of aliphatic hydroxyl groups is 2. The third-order valence-electron chi connectivity index (χ3n) is 3.22. The van der Waals surface area contributed by atoms with Crippen LogP contribution in [0.2, 0.25) is 0 Å². The summed E-state index contributed by atoms with van der Waals surface area (Å²) in [6.45, 7) is 4.26. The van der Waals surface area contributed by atoms with E-state index in [2.05, 4.69) is 4.74 Å². The van der Waals surface area contributed by atoms with Crippen molar-refractivity contribution in [1.29, 1.82) is 0 Å². The van der Waals surface area contributed by atoms with Crippen LogP contribution in [-0.4, -0.2) is 58.8 Å². The van der Waals surface area contributed by atoms with Gasteiger partial charge in [-0.2, -0.15) is 0 Å². The monoisotopic (exact) mass is 378 g/mol. The number of aromatic carboxylic acids is 2. The average Bonchev–Trinajstić information content (AvgIpc) is 2.63. The normalized spacial score (nSPS) is 9.33. The quantitative estimate of drug-likeness (QED) is 0.569. The van der Waals surface area contributed by atoms with Crippen LogP contribution in [0, 0.1) is 13.8 Å². The van der Waals surface area contributed by atoms with E-state index in [1.54, 1.807) is 50.2 Å². The van der Waals surface area contributed by atoms with Gasteiger partial charge in [0, 0.05) is 0 Å². The standard InChI is InChI=1S/2C8H8O2.C4H10O3/c2*1-6-4-2-3-5-7(6)8(9)10;5-1-3-7-4-2-6/h2*2-5H,1H3,(H,9,10);5-6H,1-4H2. The Morgan fingerprint density at radius 1 is 0.741 bits per heavy atom. The Morgan fingerprint density at radius 2 is 1.07 bits per heavy atom. The second-order valence-corrected chi connectivity index (χ2v) is 5.30. The number of ether oxygens (including phenoxy) is 1. The van der Waals surface area contributed by atoms with Gasteiger partial charge in [0.15, 0.2) is 0 Å². The van der Waals surface area contributed by atoms with Crippen molar-refractivity contribution in [2.75, 3.05) is 26.4 Å². The zero-order valence-corrected chi connectivity index (χ0v) is 15.5. The molecule has 4 N–H and O–H groups in total. The zero-order valence-electron chi connectivity index (χ0n) is 15.5. The maximum atomic E-state index is 10.4.